The molecule has 0 saturated heterocycles. The Balaban J connectivity index is 1.96. The fourth-order valence-electron chi connectivity index (χ4n) is 3.69. The van der Waals surface area contributed by atoms with Crippen LogP contribution >= 0.6 is 0 Å². The van der Waals surface area contributed by atoms with Gasteiger partial charge in [-0.05, 0) is 55.0 Å². The molecule has 29 heavy (non-hydrogen) atoms. The number of rotatable bonds is 10. The zero-order chi connectivity index (χ0) is 20.8. The number of hydrogen-bond donors (Lipinski definition) is 0. The molecule has 1 aliphatic carbocycles. The molecule has 0 radical (unpaired) electrons. The first-order valence-electron chi connectivity index (χ1n) is 10.7. The van der Waals surface area contributed by atoms with Crippen LogP contribution in [0.15, 0.2) is 73.8 Å². The van der Waals surface area contributed by atoms with Gasteiger partial charge in [-0.25, -0.2) is 0 Å². The molecule has 0 aromatic heterocycles. The quantitative estimate of drug-likeness (QED) is 0.405. The van der Waals surface area contributed by atoms with E-state index >= 15 is 0 Å². The predicted molar refractivity (Wildman–Crippen MR) is 129 cm³/mol. The lowest BCUT2D eigenvalue weighted by molar-refractivity contribution is 0.749. The third-order valence-corrected chi connectivity index (χ3v) is 5.95. The molecular formula is C27H34N2. The summed E-state index contributed by atoms with van der Waals surface area (Å²) in [5, 5.41) is 0. The maximum Gasteiger partial charge on any atom is 0.0441 e. The van der Waals surface area contributed by atoms with E-state index < -0.39 is 0 Å². The van der Waals surface area contributed by atoms with E-state index in [-0.39, 0.29) is 0 Å². The van der Waals surface area contributed by atoms with Crippen molar-refractivity contribution in [2.75, 3.05) is 30.4 Å². The summed E-state index contributed by atoms with van der Waals surface area (Å²) < 4.78 is 0. The Labute approximate surface area is 176 Å². The van der Waals surface area contributed by atoms with Gasteiger partial charge in [-0.2, -0.15) is 0 Å². The van der Waals surface area contributed by atoms with Gasteiger partial charge in [0.25, 0.3) is 0 Å². The lowest BCUT2D eigenvalue weighted by Gasteiger charge is -2.27. The minimum Gasteiger partial charge on any atom is -0.374 e. The van der Waals surface area contributed by atoms with Crippen molar-refractivity contribution < 1.29 is 0 Å². The van der Waals surface area contributed by atoms with Crippen LogP contribution in [0.1, 0.15) is 43.7 Å². The molecule has 1 aliphatic rings. The average Bonchev–Trinajstić information content (AvgIpc) is 3.59. The van der Waals surface area contributed by atoms with Crippen LogP contribution in [0, 0.1) is 5.92 Å². The first-order chi connectivity index (χ1) is 14.0. The Hall–Kier alpha value is -2.74. The van der Waals surface area contributed by atoms with Gasteiger partial charge in [0, 0.05) is 43.3 Å². The van der Waals surface area contributed by atoms with Crippen LogP contribution in [0.2, 0.25) is 0 Å². The SMILES string of the molecule is C=C/C=C(/CCC1CC1)c1cc(N(C)C(=C)c2ccccc2)ccc1N(C)CC. The van der Waals surface area contributed by atoms with Gasteiger partial charge in [-0.3, -0.25) is 0 Å². The second kappa shape index (κ2) is 9.65. The Bertz CT molecular complexity index is 875. The van der Waals surface area contributed by atoms with Gasteiger partial charge in [0.05, 0.1) is 0 Å². The Morgan fingerprint density at radius 2 is 1.83 bits per heavy atom. The van der Waals surface area contributed by atoms with Crippen LogP contribution in [0.4, 0.5) is 11.4 Å². The Morgan fingerprint density at radius 1 is 1.10 bits per heavy atom. The molecular weight excluding hydrogens is 352 g/mol. The highest BCUT2D eigenvalue weighted by Gasteiger charge is 2.22. The van der Waals surface area contributed by atoms with Crippen molar-refractivity contribution in [2.24, 2.45) is 5.92 Å². The van der Waals surface area contributed by atoms with E-state index in [0.717, 1.165) is 35.8 Å². The van der Waals surface area contributed by atoms with E-state index in [4.69, 9.17) is 0 Å². The zero-order valence-electron chi connectivity index (χ0n) is 18.2. The molecule has 152 valence electrons. The highest BCUT2D eigenvalue weighted by molar-refractivity contribution is 5.84. The first kappa shape index (κ1) is 21.0. The number of anilines is 2. The van der Waals surface area contributed by atoms with Crippen molar-refractivity contribution in [3.05, 3.63) is 85.0 Å². The zero-order valence-corrected chi connectivity index (χ0v) is 18.2. The van der Waals surface area contributed by atoms with Crippen molar-refractivity contribution in [3.8, 4) is 0 Å². The normalized spacial score (nSPS) is 13.8. The highest BCUT2D eigenvalue weighted by Crippen LogP contribution is 2.39. The smallest absolute Gasteiger partial charge is 0.0441 e. The monoisotopic (exact) mass is 386 g/mol. The summed E-state index contributed by atoms with van der Waals surface area (Å²) in [5.74, 6) is 0.916. The van der Waals surface area contributed by atoms with Crippen LogP contribution in [0.5, 0.6) is 0 Å². The molecule has 0 aliphatic heterocycles. The summed E-state index contributed by atoms with van der Waals surface area (Å²) in [4.78, 5) is 4.50. The highest BCUT2D eigenvalue weighted by atomic mass is 15.1. The van der Waals surface area contributed by atoms with Gasteiger partial charge in [-0.1, -0.05) is 68.5 Å². The molecule has 2 heteroatoms. The summed E-state index contributed by atoms with van der Waals surface area (Å²) in [5.41, 5.74) is 7.26. The molecule has 2 nitrogen and oxygen atoms in total. The third-order valence-electron chi connectivity index (χ3n) is 5.95. The number of benzene rings is 2. The van der Waals surface area contributed by atoms with E-state index in [1.807, 2.05) is 12.1 Å². The molecule has 0 unspecified atom stereocenters. The summed E-state index contributed by atoms with van der Waals surface area (Å²) in [6.45, 7) is 11.5. The molecule has 3 rings (SSSR count). The van der Waals surface area contributed by atoms with Crippen molar-refractivity contribution >= 4 is 22.6 Å². The Morgan fingerprint density at radius 3 is 2.45 bits per heavy atom. The third kappa shape index (κ3) is 5.20. The maximum absolute atomic E-state index is 4.34. The van der Waals surface area contributed by atoms with Crippen LogP contribution in [-0.4, -0.2) is 20.6 Å². The molecule has 2 aromatic carbocycles. The van der Waals surface area contributed by atoms with Gasteiger partial charge < -0.3 is 9.80 Å². The Kier molecular flexibility index (Phi) is 6.98. The topological polar surface area (TPSA) is 6.48 Å². The average molecular weight is 387 g/mol. The minimum absolute atomic E-state index is 0.916. The van der Waals surface area contributed by atoms with Crippen LogP contribution < -0.4 is 9.80 Å². The molecule has 0 spiro atoms. The largest absolute Gasteiger partial charge is 0.374 e. The van der Waals surface area contributed by atoms with Gasteiger partial charge >= 0.3 is 0 Å². The molecule has 1 saturated carbocycles. The standard InChI is InChI=1S/C27H34N2/c1-6-11-24(17-16-22-14-15-22)26-20-25(18-19-27(26)28(4)7-2)29(5)21(3)23-12-9-8-10-13-23/h6,8-13,18-20,22H,1,3,7,14-17H2,2,4-5H3/b24-11-. The maximum atomic E-state index is 4.34. The summed E-state index contributed by atoms with van der Waals surface area (Å²) in [6, 6.07) is 17.1. The van der Waals surface area contributed by atoms with E-state index in [1.165, 1.54) is 36.1 Å². The fourth-order valence-corrected chi connectivity index (χ4v) is 3.69. The first-order valence-corrected chi connectivity index (χ1v) is 10.7. The van der Waals surface area contributed by atoms with Gasteiger partial charge in [-0.15, -0.1) is 0 Å². The molecule has 0 heterocycles. The summed E-state index contributed by atoms with van der Waals surface area (Å²) in [6.07, 6.45) is 9.28. The van der Waals surface area contributed by atoms with Crippen molar-refractivity contribution in [1.29, 1.82) is 0 Å². The molecule has 1 fully saturated rings. The van der Waals surface area contributed by atoms with Crippen molar-refractivity contribution in [2.45, 2.75) is 32.6 Å². The van der Waals surface area contributed by atoms with Gasteiger partial charge in [0.1, 0.15) is 0 Å². The lowest BCUT2D eigenvalue weighted by atomic mass is 9.96. The second-order valence-corrected chi connectivity index (χ2v) is 8.00. The van der Waals surface area contributed by atoms with E-state index in [2.05, 4.69) is 92.5 Å². The van der Waals surface area contributed by atoms with Crippen LogP contribution in [-0.2, 0) is 0 Å². The van der Waals surface area contributed by atoms with Crippen molar-refractivity contribution in [3.63, 3.8) is 0 Å². The van der Waals surface area contributed by atoms with Crippen molar-refractivity contribution in [1.82, 2.24) is 0 Å². The van der Waals surface area contributed by atoms with E-state index in [1.54, 1.807) is 0 Å². The minimum atomic E-state index is 0.916. The summed E-state index contributed by atoms with van der Waals surface area (Å²) >= 11 is 0. The van der Waals surface area contributed by atoms with Gasteiger partial charge in [0.2, 0.25) is 0 Å². The molecule has 0 N–H and O–H groups in total. The molecule has 0 amide bonds. The van der Waals surface area contributed by atoms with E-state index in [0.29, 0.717) is 0 Å². The number of hydrogen-bond acceptors (Lipinski definition) is 2. The van der Waals surface area contributed by atoms with Crippen LogP contribution in [0.25, 0.3) is 11.3 Å². The number of allylic oxidation sites excluding steroid dienone is 3. The molecule has 0 bridgehead atoms. The van der Waals surface area contributed by atoms with E-state index in [9.17, 15) is 0 Å². The lowest BCUT2D eigenvalue weighted by Crippen LogP contribution is -2.19. The fraction of sp³-hybridized carbons (Fsp3) is 0.333. The molecule has 2 aromatic rings. The number of nitrogens with zero attached hydrogens (tertiary/aromatic N) is 2. The van der Waals surface area contributed by atoms with Crippen LogP contribution in [0.3, 0.4) is 0 Å². The second-order valence-electron chi connectivity index (χ2n) is 8.00. The van der Waals surface area contributed by atoms with Gasteiger partial charge in [0.15, 0.2) is 0 Å². The summed E-state index contributed by atoms with van der Waals surface area (Å²) in [7, 11) is 4.26. The predicted octanol–water partition coefficient (Wildman–Crippen LogP) is 7.01. The molecule has 0 atom stereocenters.